The van der Waals surface area contributed by atoms with Gasteiger partial charge in [-0.15, -0.1) is 0 Å². The summed E-state index contributed by atoms with van der Waals surface area (Å²) >= 11 is -2.30. The molecule has 6 heteroatoms. The monoisotopic (exact) mass is 224 g/mol. The van der Waals surface area contributed by atoms with Gasteiger partial charge in [0.05, 0.1) is 11.4 Å². The molecule has 0 aromatic heterocycles. The Morgan fingerprint density at radius 3 is 2.73 bits per heavy atom. The molecule has 1 aromatic carbocycles. The summed E-state index contributed by atoms with van der Waals surface area (Å²) < 4.78 is 18.5. The van der Waals surface area contributed by atoms with Crippen LogP contribution in [0.15, 0.2) is 24.3 Å². The van der Waals surface area contributed by atoms with Gasteiger partial charge in [-0.1, -0.05) is 12.1 Å². The zero-order valence-corrected chi connectivity index (χ0v) is 8.38. The summed E-state index contributed by atoms with van der Waals surface area (Å²) in [5, 5.41) is 4.19. The van der Waals surface area contributed by atoms with Gasteiger partial charge < -0.3 is 11.1 Å². The van der Waals surface area contributed by atoms with Crippen LogP contribution in [0.25, 0.3) is 0 Å². The third-order valence-corrected chi connectivity index (χ3v) is 1.74. The van der Waals surface area contributed by atoms with Crippen molar-refractivity contribution in [2.45, 2.75) is 0 Å². The molecule has 0 saturated heterocycles. The van der Waals surface area contributed by atoms with Gasteiger partial charge in [0.25, 0.3) is 0 Å². The van der Waals surface area contributed by atoms with E-state index < -0.39 is 17.0 Å². The summed E-state index contributed by atoms with van der Waals surface area (Å²) in [5.41, 5.74) is 6.37. The van der Waals surface area contributed by atoms with E-state index in [2.05, 4.69) is 5.32 Å². The van der Waals surface area contributed by atoms with Crippen LogP contribution >= 0.6 is 0 Å². The fourth-order valence-corrected chi connectivity index (χ4v) is 1.03. The number of hydrogen-bond acceptors (Lipinski definition) is 3. The fraction of sp³-hybridized carbons (Fsp3) is 0. The normalized spacial score (nSPS) is 11.0. The lowest BCUT2D eigenvalue weighted by Gasteiger charge is -2.03. The van der Waals surface area contributed by atoms with Crippen LogP contribution in [0, 0.1) is 11.2 Å². The van der Waals surface area contributed by atoms with Crippen LogP contribution in [0.3, 0.4) is 0 Å². The summed E-state index contributed by atoms with van der Waals surface area (Å²) in [4.78, 5) is 11.1. The van der Waals surface area contributed by atoms with Gasteiger partial charge in [-0.25, -0.2) is 4.21 Å². The molecule has 0 fully saturated rings. The molecule has 1 atom stereocenters. The summed E-state index contributed by atoms with van der Waals surface area (Å²) in [6.45, 7) is 0. The number of carbonyl (C=O) groups is 1. The van der Waals surface area contributed by atoms with Gasteiger partial charge in [-0.2, -0.15) is 0 Å². The molecule has 0 aliphatic carbocycles. The lowest BCUT2D eigenvalue weighted by atomic mass is 10.3. The van der Waals surface area contributed by atoms with Gasteiger partial charge in [0.15, 0.2) is 0 Å². The Kier molecular flexibility index (Phi) is 3.85. The number of benzene rings is 1. The van der Waals surface area contributed by atoms with Crippen molar-refractivity contribution in [3.8, 4) is 11.2 Å². The number of hydrogen-bond donors (Lipinski definition) is 3. The molecule has 5 nitrogen and oxygen atoms in total. The molecule has 4 N–H and O–H groups in total. The topological polar surface area (TPSA) is 92.4 Å². The van der Waals surface area contributed by atoms with Gasteiger partial charge in [0.1, 0.15) is 0 Å². The Labute approximate surface area is 89.0 Å². The van der Waals surface area contributed by atoms with Crippen molar-refractivity contribution >= 4 is 28.4 Å². The summed E-state index contributed by atoms with van der Waals surface area (Å²) in [6.07, 6.45) is 0. The van der Waals surface area contributed by atoms with Crippen molar-refractivity contribution in [1.82, 2.24) is 0 Å². The first-order chi connectivity index (χ1) is 7.09. The molecule has 1 amide bonds. The van der Waals surface area contributed by atoms with Crippen molar-refractivity contribution in [2.75, 3.05) is 11.1 Å². The lowest BCUT2D eigenvalue weighted by Crippen LogP contribution is -2.10. The van der Waals surface area contributed by atoms with E-state index >= 15 is 0 Å². The van der Waals surface area contributed by atoms with Crippen molar-refractivity contribution in [1.29, 1.82) is 0 Å². The van der Waals surface area contributed by atoms with E-state index in [1.165, 1.54) is 0 Å². The van der Waals surface area contributed by atoms with E-state index in [9.17, 15) is 9.00 Å². The number of nitrogens with two attached hydrogens (primary N) is 1. The molecule has 0 aliphatic rings. The first-order valence-electron chi connectivity index (χ1n) is 3.87. The Morgan fingerprint density at radius 2 is 2.13 bits per heavy atom. The van der Waals surface area contributed by atoms with Crippen LogP contribution in [-0.2, 0) is 15.9 Å². The first kappa shape index (κ1) is 11.2. The number of carbonyl (C=O) groups excluding carboxylic acids is 1. The van der Waals surface area contributed by atoms with Crippen molar-refractivity contribution in [3.63, 3.8) is 0 Å². The maximum atomic E-state index is 11.1. The molecule has 1 unspecified atom stereocenters. The van der Waals surface area contributed by atoms with Crippen LogP contribution in [0.1, 0.15) is 0 Å². The quantitative estimate of drug-likeness (QED) is 0.365. The summed E-state index contributed by atoms with van der Waals surface area (Å²) in [7, 11) is 0. The fourth-order valence-electron chi connectivity index (χ4n) is 0.854. The molecule has 0 saturated carbocycles. The predicted octanol–water partition coefficient (Wildman–Crippen LogP) is 0.390. The summed E-state index contributed by atoms with van der Waals surface area (Å²) in [6, 6.07) is 6.64. The van der Waals surface area contributed by atoms with Crippen LogP contribution < -0.4 is 11.1 Å². The minimum absolute atomic E-state index is 0.401. The minimum Gasteiger partial charge on any atom is -0.397 e. The maximum absolute atomic E-state index is 11.1. The highest BCUT2D eigenvalue weighted by Crippen LogP contribution is 2.15. The molecule has 1 rings (SSSR count). The second-order valence-corrected chi connectivity index (χ2v) is 3.22. The zero-order valence-electron chi connectivity index (χ0n) is 7.56. The molecule has 0 heterocycles. The number of anilines is 2. The zero-order chi connectivity index (χ0) is 11.3. The standard InChI is InChI=1S/C9H8N2O3S/c10-7-3-1-2-4-8(7)11-9(12)5-6-15(13)14/h1-4H,10H2,(H,11,12)(H,13,14). The number of nitrogen functional groups attached to an aromatic ring is 1. The Morgan fingerprint density at radius 1 is 1.47 bits per heavy atom. The Bertz CT molecular complexity index is 462. The molecule has 0 spiro atoms. The van der Waals surface area contributed by atoms with Gasteiger partial charge in [0, 0.05) is 11.2 Å². The van der Waals surface area contributed by atoms with E-state index in [1.807, 2.05) is 11.2 Å². The van der Waals surface area contributed by atoms with E-state index in [-0.39, 0.29) is 0 Å². The average Bonchev–Trinajstić information content (AvgIpc) is 2.18. The number of rotatable bonds is 1. The minimum atomic E-state index is -2.30. The predicted molar refractivity (Wildman–Crippen MR) is 58.0 cm³/mol. The molecular formula is C9H8N2O3S. The Balaban J connectivity index is 2.73. The van der Waals surface area contributed by atoms with Crippen LogP contribution in [0.2, 0.25) is 0 Å². The highest BCUT2D eigenvalue weighted by atomic mass is 32.2. The van der Waals surface area contributed by atoms with Gasteiger partial charge in [-0.3, -0.25) is 9.35 Å². The molecule has 1 aromatic rings. The average molecular weight is 224 g/mol. The van der Waals surface area contributed by atoms with Crippen LogP contribution in [0.4, 0.5) is 11.4 Å². The second kappa shape index (κ2) is 5.14. The Hall–Kier alpha value is -1.84. The van der Waals surface area contributed by atoms with Gasteiger partial charge in [0.2, 0.25) is 11.1 Å². The largest absolute Gasteiger partial charge is 0.397 e. The van der Waals surface area contributed by atoms with Crippen molar-refractivity contribution in [3.05, 3.63) is 24.3 Å². The van der Waals surface area contributed by atoms with Gasteiger partial charge in [-0.05, 0) is 12.1 Å². The van der Waals surface area contributed by atoms with Crippen LogP contribution in [0.5, 0.6) is 0 Å². The SMILES string of the molecule is Nc1ccccc1NC(=O)C#CS(=O)O. The van der Waals surface area contributed by atoms with Gasteiger partial charge >= 0.3 is 5.91 Å². The first-order valence-corrected chi connectivity index (χ1v) is 4.98. The van der Waals surface area contributed by atoms with E-state index in [0.717, 1.165) is 0 Å². The highest BCUT2D eigenvalue weighted by molar-refractivity contribution is 7.84. The molecule has 0 aliphatic heterocycles. The number of nitrogens with one attached hydrogen (secondary N) is 1. The van der Waals surface area contributed by atoms with Crippen LogP contribution in [-0.4, -0.2) is 14.7 Å². The third-order valence-electron chi connectivity index (χ3n) is 1.46. The molecular weight excluding hydrogens is 216 g/mol. The highest BCUT2D eigenvalue weighted by Gasteiger charge is 2.00. The van der Waals surface area contributed by atoms with Crippen molar-refractivity contribution in [2.24, 2.45) is 0 Å². The third kappa shape index (κ3) is 3.81. The molecule has 15 heavy (non-hydrogen) atoms. The van der Waals surface area contributed by atoms with E-state index in [1.54, 1.807) is 24.3 Å². The van der Waals surface area contributed by atoms with E-state index in [0.29, 0.717) is 11.4 Å². The molecule has 0 radical (unpaired) electrons. The lowest BCUT2D eigenvalue weighted by molar-refractivity contribution is -0.111. The van der Waals surface area contributed by atoms with Crippen molar-refractivity contribution < 1.29 is 13.6 Å². The molecule has 0 bridgehead atoms. The second-order valence-electron chi connectivity index (χ2n) is 2.52. The van der Waals surface area contributed by atoms with E-state index in [4.69, 9.17) is 10.3 Å². The molecule has 78 valence electrons. The summed E-state index contributed by atoms with van der Waals surface area (Å²) in [5.74, 6) is 1.27. The number of para-hydroxylation sites is 2. The smallest absolute Gasteiger partial charge is 0.301 e. The maximum Gasteiger partial charge on any atom is 0.301 e. The number of amides is 1.